The molecule has 134 valence electrons. The number of hydrogen-bond acceptors (Lipinski definition) is 4. The molecule has 0 aliphatic carbocycles. The normalized spacial score (nSPS) is 11.7. The highest BCUT2D eigenvalue weighted by Crippen LogP contribution is 2.28. The van der Waals surface area contributed by atoms with Crippen molar-refractivity contribution in [1.29, 1.82) is 0 Å². The number of rotatable bonds is 8. The highest BCUT2D eigenvalue weighted by molar-refractivity contribution is 8.00. The van der Waals surface area contributed by atoms with E-state index in [0.717, 1.165) is 16.9 Å². The molecule has 0 saturated carbocycles. The Balaban J connectivity index is 1.82. The minimum Gasteiger partial charge on any atom is -0.493 e. The summed E-state index contributed by atoms with van der Waals surface area (Å²) in [7, 11) is 3.22. The Labute approximate surface area is 157 Å². The van der Waals surface area contributed by atoms with Gasteiger partial charge in [0.25, 0.3) is 0 Å². The second-order valence-corrected chi connectivity index (χ2v) is 7.30. The first-order valence-corrected chi connectivity index (χ1v) is 9.20. The first-order valence-electron chi connectivity index (χ1n) is 7.94. The highest BCUT2D eigenvalue weighted by atomic mass is 35.5. The lowest BCUT2D eigenvalue weighted by Crippen LogP contribution is -2.32. The predicted molar refractivity (Wildman–Crippen MR) is 103 cm³/mol. The van der Waals surface area contributed by atoms with Gasteiger partial charge < -0.3 is 14.8 Å². The van der Waals surface area contributed by atoms with Crippen molar-refractivity contribution in [2.45, 2.75) is 23.5 Å². The third kappa shape index (κ3) is 5.87. The minimum atomic E-state index is -0.174. The van der Waals surface area contributed by atoms with E-state index in [1.807, 2.05) is 49.4 Å². The number of methoxy groups -OCH3 is 2. The average Bonchev–Trinajstić information content (AvgIpc) is 2.63. The lowest BCUT2D eigenvalue weighted by Gasteiger charge is -2.13. The average molecular weight is 380 g/mol. The Hall–Kier alpha value is -1.85. The maximum absolute atomic E-state index is 12.2. The molecule has 0 spiro atoms. The van der Waals surface area contributed by atoms with Gasteiger partial charge in [0.15, 0.2) is 11.5 Å². The molecule has 1 amide bonds. The first kappa shape index (κ1) is 19.5. The molecule has 2 aromatic carbocycles. The van der Waals surface area contributed by atoms with Crippen LogP contribution in [0.3, 0.4) is 0 Å². The first-order chi connectivity index (χ1) is 12.0. The molecular formula is C19H22ClNO3S. The van der Waals surface area contributed by atoms with Gasteiger partial charge in [0.2, 0.25) is 5.91 Å². The molecule has 1 N–H and O–H groups in total. The molecule has 0 radical (unpaired) electrons. The number of ether oxygens (including phenoxy) is 2. The van der Waals surface area contributed by atoms with Crippen molar-refractivity contribution in [2.75, 3.05) is 20.8 Å². The van der Waals surface area contributed by atoms with Crippen LogP contribution >= 0.6 is 23.4 Å². The summed E-state index contributed by atoms with van der Waals surface area (Å²) in [5.74, 6) is 1.40. The number of hydrogen-bond donors (Lipinski definition) is 1. The van der Waals surface area contributed by atoms with Crippen LogP contribution in [0.4, 0.5) is 0 Å². The second kappa shape index (κ2) is 9.59. The van der Waals surface area contributed by atoms with Crippen molar-refractivity contribution in [3.05, 3.63) is 53.1 Å². The summed E-state index contributed by atoms with van der Waals surface area (Å²) in [6, 6.07) is 13.3. The number of benzene rings is 2. The lowest BCUT2D eigenvalue weighted by molar-refractivity contribution is -0.120. The lowest BCUT2D eigenvalue weighted by atomic mass is 10.1. The Morgan fingerprint density at radius 3 is 2.44 bits per heavy atom. The van der Waals surface area contributed by atoms with Crippen LogP contribution < -0.4 is 14.8 Å². The maximum atomic E-state index is 12.2. The van der Waals surface area contributed by atoms with E-state index in [1.165, 1.54) is 11.8 Å². The summed E-state index contributed by atoms with van der Waals surface area (Å²) < 4.78 is 10.5. The summed E-state index contributed by atoms with van der Waals surface area (Å²) in [5, 5.41) is 3.49. The zero-order chi connectivity index (χ0) is 18.2. The van der Waals surface area contributed by atoms with Crippen molar-refractivity contribution in [3.8, 4) is 11.5 Å². The molecule has 0 heterocycles. The quantitative estimate of drug-likeness (QED) is 0.698. The van der Waals surface area contributed by atoms with Crippen LogP contribution in [0.2, 0.25) is 5.02 Å². The molecule has 0 fully saturated rings. The molecule has 0 unspecified atom stereocenters. The summed E-state index contributed by atoms with van der Waals surface area (Å²) in [6.07, 6.45) is 0.727. The van der Waals surface area contributed by atoms with Crippen LogP contribution in [0.25, 0.3) is 0 Å². The fourth-order valence-corrected chi connectivity index (χ4v) is 3.30. The molecule has 2 aromatic rings. The van der Waals surface area contributed by atoms with Crippen molar-refractivity contribution in [1.82, 2.24) is 5.32 Å². The zero-order valence-corrected chi connectivity index (χ0v) is 16.1. The monoisotopic (exact) mass is 379 g/mol. The van der Waals surface area contributed by atoms with E-state index in [2.05, 4.69) is 5.32 Å². The number of carbonyl (C=O) groups excluding carboxylic acids is 1. The van der Waals surface area contributed by atoms with Gasteiger partial charge in [-0.1, -0.05) is 17.7 Å². The van der Waals surface area contributed by atoms with E-state index in [1.54, 1.807) is 14.2 Å². The fourth-order valence-electron chi connectivity index (χ4n) is 2.28. The van der Waals surface area contributed by atoms with Gasteiger partial charge in [-0.15, -0.1) is 11.8 Å². The van der Waals surface area contributed by atoms with E-state index in [9.17, 15) is 4.79 Å². The SMILES string of the molecule is COc1ccc(CCNC(=O)[C@@H](C)Sc2ccc(Cl)cc2)cc1OC. The van der Waals surface area contributed by atoms with E-state index in [-0.39, 0.29) is 11.2 Å². The van der Waals surface area contributed by atoms with E-state index in [4.69, 9.17) is 21.1 Å². The van der Waals surface area contributed by atoms with Gasteiger partial charge in [-0.25, -0.2) is 0 Å². The molecule has 2 rings (SSSR count). The number of nitrogens with one attached hydrogen (secondary N) is 1. The third-order valence-corrected chi connectivity index (χ3v) is 5.02. The molecule has 0 aromatic heterocycles. The third-order valence-electron chi connectivity index (χ3n) is 3.66. The van der Waals surface area contributed by atoms with Crippen molar-refractivity contribution >= 4 is 29.3 Å². The van der Waals surface area contributed by atoms with E-state index < -0.39 is 0 Å². The van der Waals surface area contributed by atoms with Gasteiger partial charge in [-0.3, -0.25) is 4.79 Å². The summed E-state index contributed by atoms with van der Waals surface area (Å²) in [5.41, 5.74) is 1.08. The highest BCUT2D eigenvalue weighted by Gasteiger charge is 2.14. The van der Waals surface area contributed by atoms with Crippen LogP contribution in [0.15, 0.2) is 47.4 Å². The van der Waals surface area contributed by atoms with Gasteiger partial charge in [-0.05, 0) is 55.3 Å². The molecule has 4 nitrogen and oxygen atoms in total. The van der Waals surface area contributed by atoms with Crippen molar-refractivity contribution in [3.63, 3.8) is 0 Å². The number of amides is 1. The summed E-state index contributed by atoms with van der Waals surface area (Å²) in [4.78, 5) is 13.2. The largest absolute Gasteiger partial charge is 0.493 e. The molecule has 0 aliphatic rings. The van der Waals surface area contributed by atoms with E-state index in [0.29, 0.717) is 23.1 Å². The van der Waals surface area contributed by atoms with Gasteiger partial charge in [0.1, 0.15) is 0 Å². The molecule has 6 heteroatoms. The topological polar surface area (TPSA) is 47.6 Å². The predicted octanol–water partition coefficient (Wildman–Crippen LogP) is 4.20. The van der Waals surface area contributed by atoms with Crippen LogP contribution in [0, 0.1) is 0 Å². The maximum Gasteiger partial charge on any atom is 0.233 e. The number of carbonyl (C=O) groups is 1. The zero-order valence-electron chi connectivity index (χ0n) is 14.5. The van der Waals surface area contributed by atoms with Crippen molar-refractivity contribution < 1.29 is 14.3 Å². The van der Waals surface area contributed by atoms with E-state index >= 15 is 0 Å². The van der Waals surface area contributed by atoms with Crippen LogP contribution in [-0.2, 0) is 11.2 Å². The Morgan fingerprint density at radius 1 is 1.12 bits per heavy atom. The second-order valence-electron chi connectivity index (χ2n) is 5.44. The molecule has 1 atom stereocenters. The van der Waals surface area contributed by atoms with Gasteiger partial charge in [0.05, 0.1) is 19.5 Å². The van der Waals surface area contributed by atoms with Gasteiger partial charge in [-0.2, -0.15) is 0 Å². The molecule has 0 bridgehead atoms. The Bertz CT molecular complexity index is 706. The van der Waals surface area contributed by atoms with Crippen LogP contribution in [0.1, 0.15) is 12.5 Å². The minimum absolute atomic E-state index is 0.0143. The standard InChI is InChI=1S/C19H22ClNO3S/c1-13(25-16-7-5-15(20)6-8-16)19(22)21-11-10-14-4-9-17(23-2)18(12-14)24-3/h4-9,12-13H,10-11H2,1-3H3,(H,21,22)/t13-/m1/s1. The summed E-state index contributed by atoms with van der Waals surface area (Å²) >= 11 is 7.38. The molecule has 0 aliphatic heterocycles. The van der Waals surface area contributed by atoms with Gasteiger partial charge in [0, 0.05) is 16.5 Å². The molecule has 25 heavy (non-hydrogen) atoms. The smallest absolute Gasteiger partial charge is 0.233 e. The molecular weight excluding hydrogens is 358 g/mol. The fraction of sp³-hybridized carbons (Fsp3) is 0.316. The summed E-state index contributed by atoms with van der Waals surface area (Å²) in [6.45, 7) is 2.46. The van der Waals surface area contributed by atoms with Crippen LogP contribution in [0.5, 0.6) is 11.5 Å². The Kier molecular flexibility index (Phi) is 7.47. The van der Waals surface area contributed by atoms with Crippen LogP contribution in [-0.4, -0.2) is 31.9 Å². The van der Waals surface area contributed by atoms with Gasteiger partial charge >= 0.3 is 0 Å². The van der Waals surface area contributed by atoms with Crippen molar-refractivity contribution in [2.24, 2.45) is 0 Å². The number of halogens is 1. The molecule has 0 saturated heterocycles. The Morgan fingerprint density at radius 2 is 1.80 bits per heavy atom. The number of thioether (sulfide) groups is 1.